The second kappa shape index (κ2) is 5.51. The molecule has 0 amide bonds. The van der Waals surface area contributed by atoms with Crippen LogP contribution in [-0.2, 0) is 7.05 Å². The fraction of sp³-hybridized carbons (Fsp3) is 0.231. The van der Waals surface area contributed by atoms with E-state index in [1.54, 1.807) is 19.1 Å². The van der Waals surface area contributed by atoms with E-state index in [9.17, 15) is 8.78 Å². The molecule has 0 aliphatic heterocycles. The van der Waals surface area contributed by atoms with Crippen molar-refractivity contribution in [3.63, 3.8) is 0 Å². The molecule has 0 unspecified atom stereocenters. The Morgan fingerprint density at radius 1 is 1.41 bits per heavy atom. The number of hydrogen-bond donors (Lipinski definition) is 0. The van der Waals surface area contributed by atoms with Gasteiger partial charge in [0.25, 0.3) is 0 Å². The molecule has 3 aromatic rings. The summed E-state index contributed by atoms with van der Waals surface area (Å²) < 4.78 is 36.5. The van der Waals surface area contributed by atoms with Crippen LogP contribution < -0.4 is 4.74 Å². The number of halogens is 4. The summed E-state index contributed by atoms with van der Waals surface area (Å²) in [6, 6.07) is 3.34. The minimum absolute atomic E-state index is 0.0793. The van der Waals surface area contributed by atoms with Crippen molar-refractivity contribution in [1.82, 2.24) is 14.8 Å². The maximum atomic E-state index is 12.5. The first kappa shape index (κ1) is 15.2. The molecular weight excluding hydrogens is 384 g/mol. The van der Waals surface area contributed by atoms with E-state index in [1.807, 2.05) is 0 Å². The van der Waals surface area contributed by atoms with Crippen LogP contribution in [0.15, 0.2) is 21.0 Å². The van der Waals surface area contributed by atoms with E-state index in [0.717, 1.165) is 0 Å². The van der Waals surface area contributed by atoms with Crippen molar-refractivity contribution in [2.75, 3.05) is 0 Å². The van der Waals surface area contributed by atoms with Gasteiger partial charge in [-0.3, -0.25) is 0 Å². The molecule has 0 atom stereocenters. The SMILES string of the molecule is Cc1nc2c(Cl)ccc(-c3nn(C)c(OC(F)F)c3Br)c2o1. The van der Waals surface area contributed by atoms with Crippen LogP contribution in [0.1, 0.15) is 5.89 Å². The Labute approximate surface area is 137 Å². The lowest BCUT2D eigenvalue weighted by molar-refractivity contribution is -0.0558. The molecule has 0 aliphatic rings. The van der Waals surface area contributed by atoms with Gasteiger partial charge in [-0.05, 0) is 28.1 Å². The zero-order chi connectivity index (χ0) is 16.0. The Balaban J connectivity index is 2.22. The lowest BCUT2D eigenvalue weighted by atomic mass is 10.1. The highest BCUT2D eigenvalue weighted by Gasteiger charge is 2.23. The van der Waals surface area contributed by atoms with Crippen LogP contribution in [0.5, 0.6) is 5.88 Å². The standard InChI is InChI=1S/C13H9BrClF2N3O2/c1-5-18-10-7(15)4-3-6(11(10)21-5)9-8(14)12(20(2)19-9)22-13(16)17/h3-4,13H,1-2H3. The van der Waals surface area contributed by atoms with Gasteiger partial charge in [0.1, 0.15) is 15.7 Å². The summed E-state index contributed by atoms with van der Waals surface area (Å²) in [4.78, 5) is 4.21. The monoisotopic (exact) mass is 391 g/mol. The Hall–Kier alpha value is -1.67. The maximum Gasteiger partial charge on any atom is 0.388 e. The molecule has 2 heterocycles. The molecule has 0 spiro atoms. The van der Waals surface area contributed by atoms with Crippen LogP contribution in [0.2, 0.25) is 5.02 Å². The van der Waals surface area contributed by atoms with Crippen molar-refractivity contribution >= 4 is 38.6 Å². The summed E-state index contributed by atoms with van der Waals surface area (Å²) in [7, 11) is 1.50. The molecule has 9 heteroatoms. The third-order valence-electron chi connectivity index (χ3n) is 3.00. The number of nitrogens with zero attached hydrogens (tertiary/aromatic N) is 3. The van der Waals surface area contributed by atoms with Crippen molar-refractivity contribution in [1.29, 1.82) is 0 Å². The van der Waals surface area contributed by atoms with Gasteiger partial charge in [-0.1, -0.05) is 11.6 Å². The summed E-state index contributed by atoms with van der Waals surface area (Å²) in [6.07, 6.45) is 0. The van der Waals surface area contributed by atoms with E-state index in [0.29, 0.717) is 37.7 Å². The number of benzene rings is 1. The zero-order valence-corrected chi connectivity index (χ0v) is 13.7. The van der Waals surface area contributed by atoms with Gasteiger partial charge in [-0.25, -0.2) is 9.67 Å². The van der Waals surface area contributed by atoms with Gasteiger partial charge in [-0.15, -0.1) is 0 Å². The first-order valence-corrected chi connectivity index (χ1v) is 7.29. The van der Waals surface area contributed by atoms with E-state index in [4.69, 9.17) is 16.0 Å². The van der Waals surface area contributed by atoms with Crippen LogP contribution in [0.3, 0.4) is 0 Å². The number of aryl methyl sites for hydroxylation is 2. The number of rotatable bonds is 3. The molecule has 22 heavy (non-hydrogen) atoms. The molecule has 5 nitrogen and oxygen atoms in total. The molecule has 3 rings (SSSR count). The van der Waals surface area contributed by atoms with E-state index in [2.05, 4.69) is 30.7 Å². The van der Waals surface area contributed by atoms with Crippen LogP contribution >= 0.6 is 27.5 Å². The smallest absolute Gasteiger partial charge is 0.388 e. The molecule has 116 valence electrons. The molecule has 0 saturated heterocycles. The van der Waals surface area contributed by atoms with Gasteiger partial charge < -0.3 is 9.15 Å². The van der Waals surface area contributed by atoms with E-state index >= 15 is 0 Å². The highest BCUT2D eigenvalue weighted by Crippen LogP contribution is 2.40. The van der Waals surface area contributed by atoms with Crippen LogP contribution in [0.4, 0.5) is 8.78 Å². The van der Waals surface area contributed by atoms with Crippen LogP contribution in [0.25, 0.3) is 22.4 Å². The zero-order valence-electron chi connectivity index (χ0n) is 11.4. The molecular formula is C13H9BrClF2N3O2. The predicted molar refractivity (Wildman–Crippen MR) is 80.3 cm³/mol. The number of hydrogen-bond acceptors (Lipinski definition) is 4. The fourth-order valence-electron chi connectivity index (χ4n) is 2.14. The van der Waals surface area contributed by atoms with Crippen molar-refractivity contribution in [2.24, 2.45) is 7.05 Å². The highest BCUT2D eigenvalue weighted by molar-refractivity contribution is 9.10. The van der Waals surface area contributed by atoms with Gasteiger partial charge in [-0.2, -0.15) is 13.9 Å². The second-order valence-electron chi connectivity index (χ2n) is 4.48. The van der Waals surface area contributed by atoms with E-state index in [-0.39, 0.29) is 5.88 Å². The summed E-state index contributed by atoms with van der Waals surface area (Å²) in [5.41, 5.74) is 1.90. The quantitative estimate of drug-likeness (QED) is 0.656. The molecule has 0 saturated carbocycles. The van der Waals surface area contributed by atoms with Crippen LogP contribution in [0, 0.1) is 6.92 Å². The Morgan fingerprint density at radius 3 is 2.82 bits per heavy atom. The Bertz CT molecular complexity index is 863. The van der Waals surface area contributed by atoms with Gasteiger partial charge in [0.05, 0.1) is 5.02 Å². The fourth-order valence-corrected chi connectivity index (χ4v) is 2.97. The number of oxazole rings is 1. The van der Waals surface area contributed by atoms with Crippen molar-refractivity contribution < 1.29 is 17.9 Å². The number of ether oxygens (including phenoxy) is 1. The third kappa shape index (κ3) is 2.46. The molecule has 0 aliphatic carbocycles. The molecule has 0 fully saturated rings. The first-order valence-electron chi connectivity index (χ1n) is 6.11. The van der Waals surface area contributed by atoms with Crippen molar-refractivity contribution in [2.45, 2.75) is 13.5 Å². The maximum absolute atomic E-state index is 12.5. The molecule has 2 aromatic heterocycles. The van der Waals surface area contributed by atoms with Crippen LogP contribution in [-0.4, -0.2) is 21.4 Å². The third-order valence-corrected chi connectivity index (χ3v) is 4.02. The molecule has 0 N–H and O–H groups in total. The highest BCUT2D eigenvalue weighted by atomic mass is 79.9. The molecule has 0 radical (unpaired) electrons. The molecule has 1 aromatic carbocycles. The summed E-state index contributed by atoms with van der Waals surface area (Å²) in [5.74, 6) is 0.366. The normalized spacial score (nSPS) is 11.6. The Kier molecular flexibility index (Phi) is 3.82. The predicted octanol–water partition coefficient (Wildman–Crippen LogP) is 4.55. The average molecular weight is 393 g/mol. The average Bonchev–Trinajstić information content (AvgIpc) is 2.95. The largest absolute Gasteiger partial charge is 0.440 e. The Morgan fingerprint density at radius 2 is 2.14 bits per heavy atom. The first-order chi connectivity index (χ1) is 10.4. The van der Waals surface area contributed by atoms with Gasteiger partial charge in [0, 0.05) is 19.5 Å². The topological polar surface area (TPSA) is 53.1 Å². The summed E-state index contributed by atoms with van der Waals surface area (Å²) in [5, 5.41) is 4.64. The number of aromatic nitrogens is 3. The summed E-state index contributed by atoms with van der Waals surface area (Å²) >= 11 is 9.33. The van der Waals surface area contributed by atoms with Crippen molar-refractivity contribution in [3.8, 4) is 17.1 Å². The minimum Gasteiger partial charge on any atom is -0.440 e. The summed E-state index contributed by atoms with van der Waals surface area (Å²) in [6.45, 7) is -1.25. The minimum atomic E-state index is -2.95. The van der Waals surface area contributed by atoms with Gasteiger partial charge in [0.2, 0.25) is 5.88 Å². The number of fused-ring (bicyclic) bond motifs is 1. The number of alkyl halides is 2. The molecule has 0 bridgehead atoms. The van der Waals surface area contributed by atoms with Gasteiger partial charge >= 0.3 is 6.61 Å². The van der Waals surface area contributed by atoms with E-state index < -0.39 is 6.61 Å². The van der Waals surface area contributed by atoms with E-state index in [1.165, 1.54) is 11.7 Å². The lowest BCUT2D eigenvalue weighted by Crippen LogP contribution is -2.06. The van der Waals surface area contributed by atoms with Crippen molar-refractivity contribution in [3.05, 3.63) is 27.5 Å². The van der Waals surface area contributed by atoms with Gasteiger partial charge in [0.15, 0.2) is 11.5 Å². The second-order valence-corrected chi connectivity index (χ2v) is 5.68. The lowest BCUT2D eigenvalue weighted by Gasteiger charge is -2.04.